The molecule has 1 amide bonds. The van der Waals surface area contributed by atoms with E-state index in [0.29, 0.717) is 24.6 Å². The first-order valence-electron chi connectivity index (χ1n) is 6.74. The van der Waals surface area contributed by atoms with Gasteiger partial charge in [-0.2, -0.15) is 0 Å². The highest BCUT2D eigenvalue weighted by Gasteiger charge is 2.31. The van der Waals surface area contributed by atoms with Gasteiger partial charge >= 0.3 is 0 Å². The van der Waals surface area contributed by atoms with Crippen LogP contribution in [-0.2, 0) is 11.2 Å². The van der Waals surface area contributed by atoms with Gasteiger partial charge in [-0.05, 0) is 31.4 Å². The third-order valence-corrected chi connectivity index (χ3v) is 3.79. The number of nitro benzene ring substituents is 1. The molecular formula is C14H19N3O3. The van der Waals surface area contributed by atoms with Crippen molar-refractivity contribution >= 4 is 11.6 Å². The van der Waals surface area contributed by atoms with E-state index in [-0.39, 0.29) is 24.1 Å². The molecule has 1 heterocycles. The summed E-state index contributed by atoms with van der Waals surface area (Å²) >= 11 is 0. The summed E-state index contributed by atoms with van der Waals surface area (Å²) in [5.74, 6) is 0.369. The molecule has 0 spiro atoms. The van der Waals surface area contributed by atoms with E-state index in [0.717, 1.165) is 6.42 Å². The van der Waals surface area contributed by atoms with Gasteiger partial charge in [-0.15, -0.1) is 0 Å². The molecule has 6 nitrogen and oxygen atoms in total. The molecule has 0 aromatic heterocycles. The topological polar surface area (TPSA) is 89.5 Å². The van der Waals surface area contributed by atoms with Gasteiger partial charge in [-0.3, -0.25) is 14.9 Å². The van der Waals surface area contributed by atoms with E-state index in [9.17, 15) is 14.9 Å². The first kappa shape index (κ1) is 14.5. The third kappa shape index (κ3) is 3.14. The second-order valence-corrected chi connectivity index (χ2v) is 5.34. The van der Waals surface area contributed by atoms with Crippen LogP contribution in [0.25, 0.3) is 0 Å². The number of hydrogen-bond acceptors (Lipinski definition) is 4. The van der Waals surface area contributed by atoms with Gasteiger partial charge in [0.05, 0.1) is 11.3 Å². The average molecular weight is 277 g/mol. The number of carbonyl (C=O) groups is 1. The van der Waals surface area contributed by atoms with Gasteiger partial charge in [0.15, 0.2) is 0 Å². The summed E-state index contributed by atoms with van der Waals surface area (Å²) in [6.07, 6.45) is 1.13. The number of nitro groups is 1. The lowest BCUT2D eigenvalue weighted by Gasteiger charge is -2.21. The van der Waals surface area contributed by atoms with E-state index in [2.05, 4.69) is 0 Å². The number of nitrogens with two attached hydrogens (primary N) is 1. The Balaban J connectivity index is 2.05. The predicted molar refractivity (Wildman–Crippen MR) is 75.1 cm³/mol. The van der Waals surface area contributed by atoms with Crippen LogP contribution in [0.1, 0.15) is 18.9 Å². The van der Waals surface area contributed by atoms with Crippen LogP contribution >= 0.6 is 0 Å². The average Bonchev–Trinajstić information content (AvgIpc) is 2.80. The lowest BCUT2D eigenvalue weighted by Crippen LogP contribution is -2.35. The minimum absolute atomic E-state index is 0.00829. The van der Waals surface area contributed by atoms with Gasteiger partial charge in [0.2, 0.25) is 5.91 Å². The number of likely N-dealkylation sites (tertiary alicyclic amines) is 1. The van der Waals surface area contributed by atoms with Crippen molar-refractivity contribution in [1.82, 2.24) is 4.90 Å². The van der Waals surface area contributed by atoms with Gasteiger partial charge in [0.25, 0.3) is 5.69 Å². The lowest BCUT2D eigenvalue weighted by atomic mass is 10.1. The Hall–Kier alpha value is -1.95. The molecule has 0 radical (unpaired) electrons. The Kier molecular flexibility index (Phi) is 4.34. The normalized spacial score (nSPS) is 22.0. The summed E-state index contributed by atoms with van der Waals surface area (Å²) in [5.41, 5.74) is 6.34. The van der Waals surface area contributed by atoms with Crippen molar-refractivity contribution < 1.29 is 9.72 Å². The van der Waals surface area contributed by atoms with Crippen LogP contribution in [0.15, 0.2) is 24.3 Å². The first-order valence-corrected chi connectivity index (χ1v) is 6.74. The van der Waals surface area contributed by atoms with E-state index in [4.69, 9.17) is 5.73 Å². The monoisotopic (exact) mass is 277 g/mol. The van der Waals surface area contributed by atoms with Gasteiger partial charge in [0, 0.05) is 24.7 Å². The zero-order valence-electron chi connectivity index (χ0n) is 11.5. The molecule has 6 heteroatoms. The molecule has 2 atom stereocenters. The molecule has 1 aromatic rings. The predicted octanol–water partition coefficient (Wildman–Crippen LogP) is 1.33. The van der Waals surface area contributed by atoms with Crippen molar-refractivity contribution in [1.29, 1.82) is 0 Å². The van der Waals surface area contributed by atoms with Crippen LogP contribution in [0.4, 0.5) is 5.69 Å². The quantitative estimate of drug-likeness (QED) is 0.664. The van der Waals surface area contributed by atoms with Crippen molar-refractivity contribution in [2.75, 3.05) is 13.1 Å². The molecule has 2 rings (SSSR count). The van der Waals surface area contributed by atoms with Gasteiger partial charge < -0.3 is 10.6 Å². The molecule has 1 aromatic carbocycles. The minimum atomic E-state index is -0.448. The molecule has 2 N–H and O–H groups in total. The number of non-ortho nitro benzene ring substituents is 1. The summed E-state index contributed by atoms with van der Waals surface area (Å²) in [6, 6.07) is 6.42. The largest absolute Gasteiger partial charge is 0.339 e. The Morgan fingerprint density at radius 1 is 1.55 bits per heavy atom. The van der Waals surface area contributed by atoms with Gasteiger partial charge in [-0.25, -0.2) is 0 Å². The van der Waals surface area contributed by atoms with E-state index < -0.39 is 4.92 Å². The van der Waals surface area contributed by atoms with Crippen molar-refractivity contribution in [2.24, 2.45) is 11.7 Å². The highest BCUT2D eigenvalue weighted by Crippen LogP contribution is 2.23. The summed E-state index contributed by atoms with van der Waals surface area (Å²) in [6.45, 7) is 3.29. The maximum Gasteiger partial charge on any atom is 0.269 e. The van der Waals surface area contributed by atoms with E-state index in [1.807, 2.05) is 11.8 Å². The van der Waals surface area contributed by atoms with Crippen LogP contribution in [0.5, 0.6) is 0 Å². The first-order chi connectivity index (χ1) is 9.51. The number of amides is 1. The molecule has 1 saturated heterocycles. The van der Waals surface area contributed by atoms with Crippen molar-refractivity contribution in [2.45, 2.75) is 25.8 Å². The molecule has 2 unspecified atom stereocenters. The van der Waals surface area contributed by atoms with Crippen molar-refractivity contribution in [3.05, 3.63) is 39.9 Å². The number of carbonyl (C=O) groups excluding carboxylic acids is 1. The molecule has 20 heavy (non-hydrogen) atoms. The van der Waals surface area contributed by atoms with Crippen LogP contribution in [0, 0.1) is 16.0 Å². The Morgan fingerprint density at radius 2 is 2.30 bits per heavy atom. The number of rotatable bonds is 4. The Labute approximate surface area is 117 Å². The Morgan fingerprint density at radius 3 is 2.90 bits per heavy atom. The fourth-order valence-corrected chi connectivity index (χ4v) is 2.72. The zero-order valence-corrected chi connectivity index (χ0v) is 11.5. The standard InChI is InChI=1S/C14H19N3O3/c1-10-5-12(8-15)9-16(10)14(18)7-11-3-2-4-13(6-11)17(19)20/h2-4,6,10,12H,5,7-9,15H2,1H3. The number of hydrogen-bond donors (Lipinski definition) is 1. The zero-order chi connectivity index (χ0) is 14.7. The molecule has 1 aliphatic rings. The number of nitrogens with zero attached hydrogens (tertiary/aromatic N) is 2. The highest BCUT2D eigenvalue weighted by molar-refractivity contribution is 5.79. The van der Waals surface area contributed by atoms with Crippen LogP contribution in [0.2, 0.25) is 0 Å². The fraction of sp³-hybridized carbons (Fsp3) is 0.500. The molecular weight excluding hydrogens is 258 g/mol. The summed E-state index contributed by atoms with van der Waals surface area (Å²) in [5, 5.41) is 10.7. The van der Waals surface area contributed by atoms with Gasteiger partial charge in [-0.1, -0.05) is 12.1 Å². The third-order valence-electron chi connectivity index (χ3n) is 3.79. The molecule has 0 bridgehead atoms. The van der Waals surface area contributed by atoms with Crippen LogP contribution < -0.4 is 5.73 Å². The maximum absolute atomic E-state index is 12.3. The molecule has 0 aliphatic carbocycles. The van der Waals surface area contributed by atoms with Crippen molar-refractivity contribution in [3.8, 4) is 0 Å². The van der Waals surface area contributed by atoms with E-state index >= 15 is 0 Å². The molecule has 0 saturated carbocycles. The van der Waals surface area contributed by atoms with Gasteiger partial charge in [0.1, 0.15) is 0 Å². The number of benzene rings is 1. The second-order valence-electron chi connectivity index (χ2n) is 5.34. The lowest BCUT2D eigenvalue weighted by molar-refractivity contribution is -0.384. The molecule has 108 valence electrons. The minimum Gasteiger partial charge on any atom is -0.339 e. The fourth-order valence-electron chi connectivity index (χ4n) is 2.72. The SMILES string of the molecule is CC1CC(CN)CN1C(=O)Cc1cccc([N+](=O)[O-])c1. The second kappa shape index (κ2) is 6.00. The summed E-state index contributed by atoms with van der Waals surface area (Å²) < 4.78 is 0. The Bertz CT molecular complexity index is 518. The van der Waals surface area contributed by atoms with E-state index in [1.54, 1.807) is 12.1 Å². The summed E-state index contributed by atoms with van der Waals surface area (Å²) in [4.78, 5) is 24.4. The van der Waals surface area contributed by atoms with E-state index in [1.165, 1.54) is 12.1 Å². The maximum atomic E-state index is 12.3. The van der Waals surface area contributed by atoms with Crippen molar-refractivity contribution in [3.63, 3.8) is 0 Å². The van der Waals surface area contributed by atoms with Crippen LogP contribution in [0.3, 0.4) is 0 Å². The molecule has 1 aliphatic heterocycles. The molecule has 1 fully saturated rings. The smallest absolute Gasteiger partial charge is 0.269 e. The highest BCUT2D eigenvalue weighted by atomic mass is 16.6. The summed E-state index contributed by atoms with van der Waals surface area (Å²) in [7, 11) is 0. The van der Waals surface area contributed by atoms with Crippen LogP contribution in [-0.4, -0.2) is 34.9 Å².